The highest BCUT2D eigenvalue weighted by Gasteiger charge is 2.18. The Bertz CT molecular complexity index is 701. The van der Waals surface area contributed by atoms with Crippen LogP contribution in [0.5, 0.6) is 0 Å². The minimum absolute atomic E-state index is 0.190. The molecule has 2 aromatic carbocycles. The van der Waals surface area contributed by atoms with Crippen LogP contribution in [0.4, 0.5) is 0 Å². The Morgan fingerprint density at radius 1 is 1.00 bits per heavy atom. The SMILES string of the molecule is O=C(O)CC(=O)Cc1ccc2c(c1)Cc1ccccc1-2. The van der Waals surface area contributed by atoms with E-state index in [1.165, 1.54) is 22.3 Å². The van der Waals surface area contributed by atoms with Crippen molar-refractivity contribution in [3.8, 4) is 11.1 Å². The van der Waals surface area contributed by atoms with E-state index in [-0.39, 0.29) is 12.2 Å². The molecule has 3 nitrogen and oxygen atoms in total. The van der Waals surface area contributed by atoms with Crippen molar-refractivity contribution >= 4 is 11.8 Å². The molecule has 0 spiro atoms. The van der Waals surface area contributed by atoms with Crippen LogP contribution in [0.3, 0.4) is 0 Å². The Morgan fingerprint density at radius 2 is 1.75 bits per heavy atom. The monoisotopic (exact) mass is 266 g/mol. The van der Waals surface area contributed by atoms with E-state index in [2.05, 4.69) is 12.1 Å². The zero-order valence-corrected chi connectivity index (χ0v) is 10.9. The highest BCUT2D eigenvalue weighted by Crippen LogP contribution is 2.36. The van der Waals surface area contributed by atoms with Crippen molar-refractivity contribution in [3.05, 3.63) is 59.2 Å². The van der Waals surface area contributed by atoms with Crippen molar-refractivity contribution in [1.82, 2.24) is 0 Å². The molecule has 0 aliphatic heterocycles. The maximum absolute atomic E-state index is 11.6. The van der Waals surface area contributed by atoms with Gasteiger partial charge >= 0.3 is 5.97 Å². The molecule has 0 bridgehead atoms. The normalized spacial score (nSPS) is 11.8. The van der Waals surface area contributed by atoms with Gasteiger partial charge in [0.15, 0.2) is 0 Å². The smallest absolute Gasteiger partial charge is 0.310 e. The average molecular weight is 266 g/mol. The fourth-order valence-electron chi connectivity index (χ4n) is 2.77. The van der Waals surface area contributed by atoms with E-state index in [0.717, 1.165) is 12.0 Å². The summed E-state index contributed by atoms with van der Waals surface area (Å²) < 4.78 is 0. The number of rotatable bonds is 4. The van der Waals surface area contributed by atoms with Crippen LogP contribution in [0.1, 0.15) is 23.1 Å². The first kappa shape index (κ1) is 12.6. The van der Waals surface area contributed by atoms with Crippen molar-refractivity contribution in [2.24, 2.45) is 0 Å². The maximum atomic E-state index is 11.6. The maximum Gasteiger partial charge on any atom is 0.310 e. The molecule has 3 heteroatoms. The second-order valence-corrected chi connectivity index (χ2v) is 5.11. The van der Waals surface area contributed by atoms with Gasteiger partial charge in [-0.25, -0.2) is 0 Å². The third kappa shape index (κ3) is 2.35. The van der Waals surface area contributed by atoms with E-state index in [0.29, 0.717) is 0 Å². The Hall–Kier alpha value is -2.42. The Kier molecular flexibility index (Phi) is 3.11. The van der Waals surface area contributed by atoms with Crippen molar-refractivity contribution in [3.63, 3.8) is 0 Å². The van der Waals surface area contributed by atoms with Crippen LogP contribution in [0, 0.1) is 0 Å². The molecular weight excluding hydrogens is 252 g/mol. The van der Waals surface area contributed by atoms with Crippen LogP contribution >= 0.6 is 0 Å². The van der Waals surface area contributed by atoms with Gasteiger partial charge in [0.2, 0.25) is 0 Å². The van der Waals surface area contributed by atoms with E-state index >= 15 is 0 Å². The molecule has 0 amide bonds. The van der Waals surface area contributed by atoms with Crippen molar-refractivity contribution in [2.45, 2.75) is 19.3 Å². The average Bonchev–Trinajstić information content (AvgIpc) is 2.75. The summed E-state index contributed by atoms with van der Waals surface area (Å²) in [5.74, 6) is -1.32. The van der Waals surface area contributed by atoms with Crippen LogP contribution in [0.15, 0.2) is 42.5 Å². The Morgan fingerprint density at radius 3 is 2.55 bits per heavy atom. The molecule has 3 rings (SSSR count). The number of Topliss-reactive ketones (excluding diaryl/α,β-unsaturated/α-hetero) is 1. The van der Waals surface area contributed by atoms with Crippen LogP contribution in [-0.2, 0) is 22.4 Å². The molecule has 1 aliphatic rings. The molecule has 0 atom stereocenters. The van der Waals surface area contributed by atoms with Crippen LogP contribution in [0.2, 0.25) is 0 Å². The summed E-state index contributed by atoms with van der Waals surface area (Å²) in [7, 11) is 0. The third-order valence-electron chi connectivity index (χ3n) is 3.61. The van der Waals surface area contributed by atoms with Gasteiger partial charge < -0.3 is 5.11 Å². The van der Waals surface area contributed by atoms with Crippen LogP contribution in [-0.4, -0.2) is 16.9 Å². The lowest BCUT2D eigenvalue weighted by Crippen LogP contribution is -2.09. The number of carbonyl (C=O) groups is 2. The molecule has 1 aliphatic carbocycles. The first-order valence-corrected chi connectivity index (χ1v) is 6.57. The first-order valence-electron chi connectivity index (χ1n) is 6.57. The summed E-state index contributed by atoms with van der Waals surface area (Å²) in [6.07, 6.45) is 0.666. The number of hydrogen-bond donors (Lipinski definition) is 1. The Balaban J connectivity index is 1.84. The number of benzene rings is 2. The second-order valence-electron chi connectivity index (χ2n) is 5.11. The molecule has 2 aromatic rings. The van der Waals surface area contributed by atoms with Gasteiger partial charge in [0.1, 0.15) is 12.2 Å². The quantitative estimate of drug-likeness (QED) is 0.739. The second kappa shape index (κ2) is 4.93. The lowest BCUT2D eigenvalue weighted by atomic mass is 10.0. The fraction of sp³-hybridized carbons (Fsp3) is 0.176. The van der Waals surface area contributed by atoms with E-state index in [1.54, 1.807) is 0 Å². The van der Waals surface area contributed by atoms with Gasteiger partial charge in [-0.2, -0.15) is 0 Å². The number of aliphatic carboxylic acids is 1. The molecule has 1 N–H and O–H groups in total. The molecule has 0 saturated carbocycles. The van der Waals surface area contributed by atoms with Gasteiger partial charge in [0, 0.05) is 6.42 Å². The number of carboxylic acid groups (broad SMARTS) is 1. The van der Waals surface area contributed by atoms with Crippen LogP contribution in [0.25, 0.3) is 11.1 Å². The molecule has 0 aromatic heterocycles. The number of carbonyl (C=O) groups excluding carboxylic acids is 1. The number of carboxylic acids is 1. The number of ketones is 1. The summed E-state index contributed by atoms with van der Waals surface area (Å²) in [6, 6.07) is 14.3. The lowest BCUT2D eigenvalue weighted by Gasteiger charge is -2.04. The number of hydrogen-bond acceptors (Lipinski definition) is 2. The molecule has 0 fully saturated rings. The topological polar surface area (TPSA) is 54.4 Å². The molecular formula is C17H14O3. The fourth-order valence-corrected chi connectivity index (χ4v) is 2.77. The van der Waals surface area contributed by atoms with Gasteiger partial charge in [-0.05, 0) is 34.2 Å². The van der Waals surface area contributed by atoms with E-state index < -0.39 is 12.4 Å². The van der Waals surface area contributed by atoms with Gasteiger partial charge in [-0.3, -0.25) is 9.59 Å². The van der Waals surface area contributed by atoms with Gasteiger partial charge in [0.25, 0.3) is 0 Å². The van der Waals surface area contributed by atoms with Crippen LogP contribution < -0.4 is 0 Å². The van der Waals surface area contributed by atoms with Crippen molar-refractivity contribution in [2.75, 3.05) is 0 Å². The Labute approximate surface area is 116 Å². The number of fused-ring (bicyclic) bond motifs is 3. The largest absolute Gasteiger partial charge is 0.481 e. The van der Waals surface area contributed by atoms with Crippen molar-refractivity contribution in [1.29, 1.82) is 0 Å². The predicted octanol–water partition coefficient (Wildman–Crippen LogP) is 2.84. The zero-order chi connectivity index (χ0) is 14.1. The summed E-state index contributed by atoms with van der Waals surface area (Å²) in [4.78, 5) is 22.1. The molecule has 0 unspecified atom stereocenters. The van der Waals surface area contributed by atoms with E-state index in [4.69, 9.17) is 5.11 Å². The molecule has 0 heterocycles. The highest BCUT2D eigenvalue weighted by atomic mass is 16.4. The van der Waals surface area contributed by atoms with Gasteiger partial charge in [-0.15, -0.1) is 0 Å². The van der Waals surface area contributed by atoms with E-state index in [9.17, 15) is 9.59 Å². The standard InChI is InChI=1S/C17H14O3/c18-14(10-17(19)20)8-11-5-6-16-13(7-11)9-12-3-1-2-4-15(12)16/h1-7H,8-10H2,(H,19,20). The molecule has 0 saturated heterocycles. The molecule has 100 valence electrons. The summed E-state index contributed by atoms with van der Waals surface area (Å²) in [5.41, 5.74) is 5.88. The molecule has 20 heavy (non-hydrogen) atoms. The van der Waals surface area contributed by atoms with Gasteiger partial charge in [-0.1, -0.05) is 42.5 Å². The summed E-state index contributed by atoms with van der Waals surface area (Å²) in [6.45, 7) is 0. The van der Waals surface area contributed by atoms with Crippen molar-refractivity contribution < 1.29 is 14.7 Å². The highest BCUT2D eigenvalue weighted by molar-refractivity contribution is 5.95. The van der Waals surface area contributed by atoms with E-state index in [1.807, 2.05) is 30.3 Å². The summed E-state index contributed by atoms with van der Waals surface area (Å²) in [5, 5.41) is 8.61. The first-order chi connectivity index (χ1) is 9.63. The van der Waals surface area contributed by atoms with Gasteiger partial charge in [0.05, 0.1) is 0 Å². The lowest BCUT2D eigenvalue weighted by molar-refractivity contribution is -0.140. The summed E-state index contributed by atoms with van der Waals surface area (Å²) >= 11 is 0. The minimum Gasteiger partial charge on any atom is -0.481 e. The predicted molar refractivity (Wildman–Crippen MR) is 75.6 cm³/mol. The minimum atomic E-state index is -1.07. The zero-order valence-electron chi connectivity index (χ0n) is 10.9. The third-order valence-corrected chi connectivity index (χ3v) is 3.61. The molecule has 0 radical (unpaired) electrons.